The molecule has 0 saturated carbocycles. The molecule has 5 heteroatoms. The molecule has 0 spiro atoms. The summed E-state index contributed by atoms with van der Waals surface area (Å²) in [7, 11) is 1.89. The average molecular weight is 323 g/mol. The molecule has 0 bridgehead atoms. The van der Waals surface area contributed by atoms with Gasteiger partial charge in [0, 0.05) is 29.7 Å². The molecular formula is C14H15BrN2O2. The first kappa shape index (κ1) is 13.8. The number of hydrogen-bond acceptors (Lipinski definition) is 2. The van der Waals surface area contributed by atoms with Crippen LogP contribution in [-0.4, -0.2) is 20.6 Å². The topological polar surface area (TPSA) is 55.1 Å². The first-order valence-electron chi connectivity index (χ1n) is 5.98. The van der Waals surface area contributed by atoms with E-state index in [-0.39, 0.29) is 6.42 Å². The number of aromatic nitrogens is 2. The Morgan fingerprint density at radius 2 is 2.21 bits per heavy atom. The van der Waals surface area contributed by atoms with Gasteiger partial charge in [0.1, 0.15) is 5.82 Å². The lowest BCUT2D eigenvalue weighted by Gasteiger charge is -2.02. The summed E-state index contributed by atoms with van der Waals surface area (Å²) in [5, 5.41) is 8.73. The smallest absolute Gasteiger partial charge is 0.303 e. The Labute approximate surface area is 120 Å². The maximum Gasteiger partial charge on any atom is 0.303 e. The van der Waals surface area contributed by atoms with Gasteiger partial charge in [-0.25, -0.2) is 4.98 Å². The summed E-state index contributed by atoms with van der Waals surface area (Å²) < 4.78 is 2.89. The van der Waals surface area contributed by atoms with Crippen molar-refractivity contribution in [2.45, 2.75) is 19.8 Å². The summed E-state index contributed by atoms with van der Waals surface area (Å²) in [6.45, 7) is 2.04. The van der Waals surface area contributed by atoms with E-state index in [9.17, 15) is 4.79 Å². The quantitative estimate of drug-likeness (QED) is 0.940. The van der Waals surface area contributed by atoms with Crippen molar-refractivity contribution in [2.75, 3.05) is 0 Å². The van der Waals surface area contributed by atoms with E-state index in [1.807, 2.05) is 42.9 Å². The molecule has 0 unspecified atom stereocenters. The van der Waals surface area contributed by atoms with Crippen molar-refractivity contribution in [3.63, 3.8) is 0 Å². The van der Waals surface area contributed by atoms with Crippen LogP contribution in [0.5, 0.6) is 0 Å². The highest BCUT2D eigenvalue weighted by atomic mass is 79.9. The van der Waals surface area contributed by atoms with Crippen LogP contribution in [0.15, 0.2) is 28.9 Å². The molecule has 0 radical (unpaired) electrons. The Balaban J connectivity index is 2.33. The Bertz CT molecular complexity index is 620. The molecule has 2 rings (SSSR count). The molecule has 0 amide bonds. The second-order valence-electron chi connectivity index (χ2n) is 4.51. The largest absolute Gasteiger partial charge is 0.481 e. The van der Waals surface area contributed by atoms with E-state index in [0.717, 1.165) is 27.1 Å². The summed E-state index contributed by atoms with van der Waals surface area (Å²) in [6.07, 6.45) is 2.48. The van der Waals surface area contributed by atoms with Gasteiger partial charge in [-0.2, -0.15) is 0 Å². The minimum absolute atomic E-state index is 0.0990. The Hall–Kier alpha value is -1.62. The van der Waals surface area contributed by atoms with Crippen LogP contribution >= 0.6 is 15.9 Å². The third-order valence-corrected chi connectivity index (χ3v) is 3.50. The maximum absolute atomic E-state index is 10.6. The Kier molecular flexibility index (Phi) is 4.04. The van der Waals surface area contributed by atoms with Crippen molar-refractivity contribution in [3.8, 4) is 11.3 Å². The molecule has 2 aromatic rings. The third kappa shape index (κ3) is 3.23. The summed E-state index contributed by atoms with van der Waals surface area (Å²) >= 11 is 3.46. The van der Waals surface area contributed by atoms with Crippen molar-refractivity contribution in [1.82, 2.24) is 9.55 Å². The first-order chi connectivity index (χ1) is 8.97. The molecular weight excluding hydrogens is 308 g/mol. The molecule has 0 aliphatic heterocycles. The van der Waals surface area contributed by atoms with E-state index in [2.05, 4.69) is 20.9 Å². The number of hydrogen-bond donors (Lipinski definition) is 1. The van der Waals surface area contributed by atoms with Crippen LogP contribution in [0, 0.1) is 6.92 Å². The number of benzene rings is 1. The molecule has 1 aromatic carbocycles. The molecule has 0 atom stereocenters. The SMILES string of the molecule is Cc1ccc(Br)cc1-c1cn(C)c(CCC(=O)O)n1. The molecule has 4 nitrogen and oxygen atoms in total. The van der Waals surface area contributed by atoms with Gasteiger partial charge in [0.2, 0.25) is 0 Å². The standard InChI is InChI=1S/C14H15BrN2O2/c1-9-3-4-10(15)7-11(9)12-8-17(2)13(16-12)5-6-14(18)19/h3-4,7-8H,5-6H2,1-2H3,(H,18,19). The number of imidazole rings is 1. The van der Waals surface area contributed by atoms with Crippen LogP contribution in [0.3, 0.4) is 0 Å². The molecule has 1 aromatic heterocycles. The second kappa shape index (κ2) is 5.57. The molecule has 0 aliphatic carbocycles. The van der Waals surface area contributed by atoms with Gasteiger partial charge < -0.3 is 9.67 Å². The highest BCUT2D eigenvalue weighted by molar-refractivity contribution is 9.10. The summed E-state index contributed by atoms with van der Waals surface area (Å²) in [6, 6.07) is 6.05. The third-order valence-electron chi connectivity index (χ3n) is 3.01. The lowest BCUT2D eigenvalue weighted by molar-refractivity contribution is -0.137. The highest BCUT2D eigenvalue weighted by Crippen LogP contribution is 2.26. The minimum atomic E-state index is -0.803. The average Bonchev–Trinajstić information content (AvgIpc) is 2.71. The van der Waals surface area contributed by atoms with Gasteiger partial charge in [-0.1, -0.05) is 22.0 Å². The molecule has 100 valence electrons. The van der Waals surface area contributed by atoms with E-state index < -0.39 is 5.97 Å². The van der Waals surface area contributed by atoms with Crippen molar-refractivity contribution in [2.24, 2.45) is 7.05 Å². The second-order valence-corrected chi connectivity index (χ2v) is 5.42. The van der Waals surface area contributed by atoms with Gasteiger partial charge in [0.15, 0.2) is 0 Å². The minimum Gasteiger partial charge on any atom is -0.481 e. The lowest BCUT2D eigenvalue weighted by Crippen LogP contribution is -2.02. The van der Waals surface area contributed by atoms with Crippen LogP contribution in [0.2, 0.25) is 0 Å². The summed E-state index contributed by atoms with van der Waals surface area (Å²) in [5.41, 5.74) is 3.08. The first-order valence-corrected chi connectivity index (χ1v) is 6.77. The van der Waals surface area contributed by atoms with E-state index in [4.69, 9.17) is 5.11 Å². The number of carbonyl (C=O) groups is 1. The fraction of sp³-hybridized carbons (Fsp3) is 0.286. The van der Waals surface area contributed by atoms with E-state index in [1.165, 1.54) is 0 Å². The van der Waals surface area contributed by atoms with Gasteiger partial charge in [0.05, 0.1) is 12.1 Å². The van der Waals surface area contributed by atoms with Crippen LogP contribution < -0.4 is 0 Å². The van der Waals surface area contributed by atoms with Crippen molar-refractivity contribution < 1.29 is 9.90 Å². The number of nitrogens with zero attached hydrogens (tertiary/aromatic N) is 2. The zero-order valence-corrected chi connectivity index (χ0v) is 12.4. The van der Waals surface area contributed by atoms with Crippen LogP contribution in [0.25, 0.3) is 11.3 Å². The van der Waals surface area contributed by atoms with Crippen LogP contribution in [0.4, 0.5) is 0 Å². The zero-order chi connectivity index (χ0) is 14.0. The zero-order valence-electron chi connectivity index (χ0n) is 10.9. The Morgan fingerprint density at radius 3 is 2.89 bits per heavy atom. The van der Waals surface area contributed by atoms with E-state index in [0.29, 0.717) is 6.42 Å². The van der Waals surface area contributed by atoms with E-state index >= 15 is 0 Å². The van der Waals surface area contributed by atoms with E-state index in [1.54, 1.807) is 0 Å². The van der Waals surface area contributed by atoms with Crippen LogP contribution in [-0.2, 0) is 18.3 Å². The maximum atomic E-state index is 10.6. The monoisotopic (exact) mass is 322 g/mol. The number of aryl methyl sites for hydroxylation is 3. The molecule has 0 fully saturated rings. The fourth-order valence-electron chi connectivity index (χ4n) is 1.96. The number of rotatable bonds is 4. The number of carboxylic acid groups (broad SMARTS) is 1. The number of carboxylic acids is 1. The van der Waals surface area contributed by atoms with Crippen LogP contribution in [0.1, 0.15) is 17.8 Å². The van der Waals surface area contributed by atoms with Crippen molar-refractivity contribution >= 4 is 21.9 Å². The van der Waals surface area contributed by atoms with Gasteiger partial charge in [-0.15, -0.1) is 0 Å². The van der Waals surface area contributed by atoms with Gasteiger partial charge in [0.25, 0.3) is 0 Å². The summed E-state index contributed by atoms with van der Waals surface area (Å²) in [4.78, 5) is 15.1. The lowest BCUT2D eigenvalue weighted by atomic mass is 10.1. The molecule has 19 heavy (non-hydrogen) atoms. The van der Waals surface area contributed by atoms with Crippen molar-refractivity contribution in [1.29, 1.82) is 0 Å². The molecule has 0 saturated heterocycles. The van der Waals surface area contributed by atoms with Gasteiger partial charge in [-0.3, -0.25) is 4.79 Å². The summed E-state index contributed by atoms with van der Waals surface area (Å²) in [5.74, 6) is -0.0139. The Morgan fingerprint density at radius 1 is 1.47 bits per heavy atom. The molecule has 0 aliphatic rings. The molecule has 1 N–H and O–H groups in total. The highest BCUT2D eigenvalue weighted by Gasteiger charge is 2.11. The predicted octanol–water partition coefficient (Wildman–Crippen LogP) is 3.18. The van der Waals surface area contributed by atoms with Crippen molar-refractivity contribution in [3.05, 3.63) is 40.3 Å². The van der Waals surface area contributed by atoms with Gasteiger partial charge >= 0.3 is 5.97 Å². The number of halogens is 1. The molecule has 1 heterocycles. The fourth-order valence-corrected chi connectivity index (χ4v) is 2.32. The normalized spacial score (nSPS) is 10.7. The van der Waals surface area contributed by atoms with Gasteiger partial charge in [-0.05, 0) is 24.6 Å². The number of aliphatic carboxylic acids is 1. The predicted molar refractivity (Wildman–Crippen MR) is 77.0 cm³/mol.